The van der Waals surface area contributed by atoms with E-state index >= 15 is 0 Å². The summed E-state index contributed by atoms with van der Waals surface area (Å²) >= 11 is 16.2. The van der Waals surface area contributed by atoms with Gasteiger partial charge in [-0.2, -0.15) is 0 Å². The second-order valence-corrected chi connectivity index (χ2v) is 12.2. The van der Waals surface area contributed by atoms with Crippen molar-refractivity contribution < 1.29 is 24.3 Å². The minimum absolute atomic E-state index is 0.0347. The average molecular weight is 552 g/mol. The molecule has 0 bridgehead atoms. The number of aromatic nitrogens is 2. The van der Waals surface area contributed by atoms with E-state index in [-0.39, 0.29) is 31.1 Å². The molecule has 2 fully saturated rings. The number of carbonyl (C=O) groups is 4. The predicted molar refractivity (Wildman–Crippen MR) is 126 cm³/mol. The molecule has 1 aromatic rings. The Morgan fingerprint density at radius 2 is 1.94 bits per heavy atom. The zero-order chi connectivity index (χ0) is 23.9. The van der Waals surface area contributed by atoms with E-state index in [1.807, 2.05) is 6.92 Å². The molecule has 4 rings (SSSR count). The van der Waals surface area contributed by atoms with Crippen molar-refractivity contribution >= 4 is 81.6 Å². The first-order valence-corrected chi connectivity index (χ1v) is 13.5. The summed E-state index contributed by atoms with van der Waals surface area (Å²) in [5.41, 5.74) is 0.589. The maximum atomic E-state index is 12.8. The summed E-state index contributed by atoms with van der Waals surface area (Å²) in [5.74, 6) is -1.52. The molecule has 2 amide bonds. The van der Waals surface area contributed by atoms with Crippen LogP contribution in [0.5, 0.6) is 0 Å². The number of halogens is 2. The van der Waals surface area contributed by atoms with Crippen LogP contribution >= 0.6 is 58.1 Å². The molecule has 0 radical (unpaired) electrons. The fourth-order valence-corrected chi connectivity index (χ4v) is 7.79. The molecule has 4 heterocycles. The zero-order valence-electron chi connectivity index (χ0n) is 17.2. The minimum Gasteiger partial charge on any atom is -0.477 e. The van der Waals surface area contributed by atoms with Gasteiger partial charge in [0.25, 0.3) is 5.91 Å². The van der Waals surface area contributed by atoms with Crippen LogP contribution in [0.3, 0.4) is 0 Å². The molecule has 0 aromatic carbocycles. The van der Waals surface area contributed by atoms with Gasteiger partial charge in [0.2, 0.25) is 5.91 Å². The third-order valence-electron chi connectivity index (χ3n) is 5.27. The predicted octanol–water partition coefficient (Wildman–Crippen LogP) is 0.777. The van der Waals surface area contributed by atoms with Crippen LogP contribution in [0.25, 0.3) is 0 Å². The lowest BCUT2D eigenvalue weighted by atomic mass is 10.0. The number of likely N-dealkylation sites (tertiary alicyclic amines) is 1. The van der Waals surface area contributed by atoms with E-state index in [4.69, 9.17) is 23.2 Å². The number of aryl methyl sites for hydroxylation is 1. The van der Waals surface area contributed by atoms with Crippen molar-refractivity contribution in [3.8, 4) is 0 Å². The number of rotatable bonds is 7. The topological polar surface area (TPSA) is 133 Å². The molecular formula is C18H19Cl2N5O5S3. The lowest BCUT2D eigenvalue weighted by Crippen LogP contribution is -2.71. The summed E-state index contributed by atoms with van der Waals surface area (Å²) in [6.45, 7) is 2.17. The molecule has 4 atom stereocenters. The molecule has 3 aliphatic heterocycles. The molecular weight excluding hydrogens is 533 g/mol. The van der Waals surface area contributed by atoms with E-state index in [2.05, 4.69) is 15.5 Å². The van der Waals surface area contributed by atoms with Crippen LogP contribution in [0.4, 0.5) is 0 Å². The fraction of sp³-hybridized carbons (Fsp3) is 0.556. The van der Waals surface area contributed by atoms with Crippen LogP contribution in [-0.4, -0.2) is 102 Å². The van der Waals surface area contributed by atoms with E-state index in [0.717, 1.165) is 9.35 Å². The Morgan fingerprint density at radius 1 is 1.24 bits per heavy atom. The number of Topliss-reactive ketones (excluding diaryl/α,β-unsaturated/α-hetero) is 1. The van der Waals surface area contributed by atoms with Crippen LogP contribution < -0.4 is 5.32 Å². The van der Waals surface area contributed by atoms with E-state index in [1.165, 1.54) is 39.8 Å². The van der Waals surface area contributed by atoms with Crippen molar-refractivity contribution in [3.63, 3.8) is 0 Å². The summed E-state index contributed by atoms with van der Waals surface area (Å²) in [6, 6.07) is -0.818. The Kier molecular flexibility index (Phi) is 7.56. The van der Waals surface area contributed by atoms with Crippen molar-refractivity contribution in [1.82, 2.24) is 25.3 Å². The Hall–Kier alpha value is -1.38. The van der Waals surface area contributed by atoms with Crippen LogP contribution in [-0.2, 0) is 19.2 Å². The first kappa shape index (κ1) is 24.7. The van der Waals surface area contributed by atoms with E-state index in [0.29, 0.717) is 17.1 Å². The second kappa shape index (κ2) is 10.1. The number of ketones is 1. The maximum Gasteiger partial charge on any atom is 0.352 e. The van der Waals surface area contributed by atoms with Gasteiger partial charge < -0.3 is 10.4 Å². The first-order valence-electron chi connectivity index (χ1n) is 9.82. The molecule has 3 aliphatic rings. The van der Waals surface area contributed by atoms with Crippen molar-refractivity contribution in [2.45, 2.75) is 33.4 Å². The normalized spacial score (nSPS) is 27.9. The number of hydrogen-bond acceptors (Lipinski definition) is 10. The molecule has 2 saturated heterocycles. The number of carboxylic acid groups (broad SMARTS) is 1. The number of carboxylic acids is 1. The number of aliphatic carboxylic acids is 1. The van der Waals surface area contributed by atoms with Crippen molar-refractivity contribution in [3.05, 3.63) is 16.3 Å². The number of β-lactam (4-membered cyclic amide) rings is 1. The van der Waals surface area contributed by atoms with E-state index in [9.17, 15) is 24.3 Å². The Balaban J connectivity index is 1.38. The average Bonchev–Trinajstić information content (AvgIpc) is 3.18. The molecule has 10 nitrogen and oxygen atoms in total. The SMILES string of the molecule is Cc1nnc(SCC2=C(C(=O)O)N3C(=O)[C@@H](NC(=O)CN4C[C@@H](Cl)C(=O)[C@@H](Cl)C4)[C@@H]3SC2)s1. The van der Waals surface area contributed by atoms with Crippen molar-refractivity contribution in [1.29, 1.82) is 0 Å². The summed E-state index contributed by atoms with van der Waals surface area (Å²) in [6.07, 6.45) is 0. The van der Waals surface area contributed by atoms with Crippen LogP contribution in [0, 0.1) is 6.92 Å². The van der Waals surface area contributed by atoms with Gasteiger partial charge in [-0.3, -0.25) is 24.2 Å². The Bertz CT molecular complexity index is 1020. The molecule has 15 heteroatoms. The van der Waals surface area contributed by atoms with Gasteiger partial charge in [-0.1, -0.05) is 23.1 Å². The number of carbonyl (C=O) groups excluding carboxylic acids is 3. The molecule has 2 N–H and O–H groups in total. The van der Waals surface area contributed by atoms with Crippen LogP contribution in [0.2, 0.25) is 0 Å². The monoisotopic (exact) mass is 551 g/mol. The Morgan fingerprint density at radius 3 is 2.55 bits per heavy atom. The second-order valence-electron chi connectivity index (χ2n) is 7.62. The van der Waals surface area contributed by atoms with Gasteiger partial charge in [0.15, 0.2) is 10.1 Å². The highest BCUT2D eigenvalue weighted by Gasteiger charge is 2.54. The summed E-state index contributed by atoms with van der Waals surface area (Å²) in [7, 11) is 0. The van der Waals surface area contributed by atoms with Gasteiger partial charge in [0.1, 0.15) is 32.9 Å². The van der Waals surface area contributed by atoms with Gasteiger partial charge in [-0.15, -0.1) is 45.2 Å². The summed E-state index contributed by atoms with van der Waals surface area (Å²) in [5, 5.41) is 19.2. The number of thioether (sulfide) groups is 2. The highest BCUT2D eigenvalue weighted by Crippen LogP contribution is 2.41. The number of alkyl halides is 2. The van der Waals surface area contributed by atoms with Crippen molar-refractivity contribution in [2.75, 3.05) is 31.1 Å². The third-order valence-corrected chi connectivity index (χ3v) is 9.37. The third kappa shape index (κ3) is 5.17. The molecule has 178 valence electrons. The first-order chi connectivity index (χ1) is 15.7. The zero-order valence-corrected chi connectivity index (χ0v) is 21.2. The molecule has 33 heavy (non-hydrogen) atoms. The molecule has 1 aromatic heterocycles. The Labute approximate surface area is 211 Å². The fourth-order valence-electron chi connectivity index (χ4n) is 3.74. The minimum atomic E-state index is -1.18. The molecule has 0 saturated carbocycles. The van der Waals surface area contributed by atoms with Gasteiger partial charge >= 0.3 is 5.97 Å². The molecule has 0 unspecified atom stereocenters. The largest absolute Gasteiger partial charge is 0.477 e. The quantitative estimate of drug-likeness (QED) is 0.284. The van der Waals surface area contributed by atoms with Gasteiger partial charge in [0.05, 0.1) is 6.54 Å². The van der Waals surface area contributed by atoms with Crippen molar-refractivity contribution in [2.24, 2.45) is 0 Å². The number of hydrogen-bond donors (Lipinski definition) is 2. The summed E-state index contributed by atoms with van der Waals surface area (Å²) in [4.78, 5) is 51.9. The van der Waals surface area contributed by atoms with Crippen LogP contribution in [0.15, 0.2) is 15.6 Å². The number of fused-ring (bicyclic) bond motifs is 1. The van der Waals surface area contributed by atoms with Crippen LogP contribution in [0.1, 0.15) is 5.01 Å². The smallest absolute Gasteiger partial charge is 0.352 e. The maximum absolute atomic E-state index is 12.8. The van der Waals surface area contributed by atoms with Gasteiger partial charge in [-0.25, -0.2) is 4.79 Å². The highest BCUT2D eigenvalue weighted by atomic mass is 35.5. The standard InChI is InChI=1S/C18H19Cl2N5O5S3/c1-7-22-23-18(33-7)32-6-8-5-31-16-12(15(28)25(16)13(8)17(29)30)21-11(26)4-24-2-9(19)14(27)10(20)3-24/h9-10,12,16H,2-6H2,1H3,(H,21,26)(H,29,30)/t9-,10+,12-,16+/m1/s1. The summed E-state index contributed by atoms with van der Waals surface area (Å²) < 4.78 is 0.731. The van der Waals surface area contributed by atoms with Gasteiger partial charge in [0, 0.05) is 24.6 Å². The lowest BCUT2D eigenvalue weighted by Gasteiger charge is -2.49. The van der Waals surface area contributed by atoms with E-state index in [1.54, 1.807) is 4.90 Å². The number of nitrogens with zero attached hydrogens (tertiary/aromatic N) is 4. The number of nitrogens with one attached hydrogen (secondary N) is 1. The lowest BCUT2D eigenvalue weighted by molar-refractivity contribution is -0.150. The molecule has 0 spiro atoms. The highest BCUT2D eigenvalue weighted by molar-refractivity contribution is 8.01. The molecule has 0 aliphatic carbocycles. The number of piperidine rings is 1. The van der Waals surface area contributed by atoms with E-state index < -0.39 is 40.0 Å². The number of amides is 2. The van der Waals surface area contributed by atoms with Gasteiger partial charge in [-0.05, 0) is 12.5 Å².